The third kappa shape index (κ3) is 5.27. The molecule has 162 valence electrons. The monoisotopic (exact) mass is 443 g/mol. The molecule has 1 amide bonds. The summed E-state index contributed by atoms with van der Waals surface area (Å²) in [6.07, 6.45) is 6.80. The smallest absolute Gasteiger partial charge is 0.282 e. The molecule has 8 nitrogen and oxygen atoms in total. The maximum Gasteiger partial charge on any atom is 0.282 e. The van der Waals surface area contributed by atoms with E-state index >= 15 is 0 Å². The Morgan fingerprint density at radius 3 is 2.52 bits per heavy atom. The predicted octanol–water partition coefficient (Wildman–Crippen LogP) is 2.19. The molecular weight excluding hydrogens is 414 g/mol. The average Bonchev–Trinajstić information content (AvgIpc) is 2.75. The Hall–Kier alpha value is -1.26. The van der Waals surface area contributed by atoms with E-state index in [0.29, 0.717) is 31.9 Å². The van der Waals surface area contributed by atoms with Crippen LogP contribution in [-0.2, 0) is 15.0 Å². The number of piperazine rings is 1. The Balaban J connectivity index is 1.55. The van der Waals surface area contributed by atoms with Gasteiger partial charge in [-0.3, -0.25) is 9.69 Å². The minimum Gasteiger partial charge on any atom is -0.322 e. The number of pyridine rings is 1. The van der Waals surface area contributed by atoms with E-state index in [0.717, 1.165) is 25.7 Å². The average molecular weight is 444 g/mol. The van der Waals surface area contributed by atoms with Crippen LogP contribution in [0.4, 0.5) is 5.69 Å². The highest BCUT2D eigenvalue weighted by Gasteiger charge is 2.36. The van der Waals surface area contributed by atoms with Gasteiger partial charge in [-0.15, -0.1) is 0 Å². The number of carbonyl (C=O) groups excluding carboxylic acids is 1. The molecule has 1 aromatic rings. The van der Waals surface area contributed by atoms with Gasteiger partial charge in [-0.25, -0.2) is 4.98 Å². The molecule has 10 heteroatoms. The lowest BCUT2D eigenvalue weighted by molar-refractivity contribution is -0.121. The van der Waals surface area contributed by atoms with Crippen LogP contribution in [0.5, 0.6) is 0 Å². The van der Waals surface area contributed by atoms with Crippen LogP contribution in [0, 0.1) is 0 Å². The van der Waals surface area contributed by atoms with Gasteiger partial charge in [0.25, 0.3) is 10.2 Å². The molecule has 0 aromatic carbocycles. The Morgan fingerprint density at radius 2 is 1.90 bits per heavy atom. The second-order valence-electron chi connectivity index (χ2n) is 7.76. The van der Waals surface area contributed by atoms with Crippen LogP contribution in [0.3, 0.4) is 0 Å². The maximum atomic E-state index is 13.0. The molecular formula is C19H30ClN5O3S. The summed E-state index contributed by atoms with van der Waals surface area (Å²) in [4.78, 5) is 18.5. The van der Waals surface area contributed by atoms with Gasteiger partial charge >= 0.3 is 0 Å². The lowest BCUT2D eigenvalue weighted by Crippen LogP contribution is -2.57. The Kier molecular flexibility index (Phi) is 7.50. The van der Waals surface area contributed by atoms with Crippen LogP contribution < -0.4 is 5.32 Å². The number of carbonyl (C=O) groups is 1. The molecule has 29 heavy (non-hydrogen) atoms. The molecule has 2 fully saturated rings. The first-order valence-corrected chi connectivity index (χ1v) is 12.0. The molecule has 0 bridgehead atoms. The molecule has 1 aromatic heterocycles. The molecule has 1 N–H and O–H groups in total. The van der Waals surface area contributed by atoms with E-state index in [4.69, 9.17) is 11.6 Å². The molecule has 2 heterocycles. The van der Waals surface area contributed by atoms with Crippen molar-refractivity contribution >= 4 is 33.4 Å². The summed E-state index contributed by atoms with van der Waals surface area (Å²) in [5.41, 5.74) is 0.473. The van der Waals surface area contributed by atoms with Crippen molar-refractivity contribution in [2.45, 2.75) is 51.1 Å². The number of rotatable bonds is 6. The van der Waals surface area contributed by atoms with E-state index in [2.05, 4.69) is 10.3 Å². The third-order valence-electron chi connectivity index (χ3n) is 6.00. The molecule has 3 rings (SSSR count). The number of amides is 1. The highest BCUT2D eigenvalue weighted by atomic mass is 35.5. The summed E-state index contributed by atoms with van der Waals surface area (Å²) < 4.78 is 29.1. The molecule has 1 saturated carbocycles. The maximum absolute atomic E-state index is 13.0. The van der Waals surface area contributed by atoms with E-state index in [9.17, 15) is 13.2 Å². The van der Waals surface area contributed by atoms with Gasteiger partial charge in [0.1, 0.15) is 0 Å². The number of halogens is 1. The number of hydrogen-bond acceptors (Lipinski definition) is 5. The van der Waals surface area contributed by atoms with Crippen molar-refractivity contribution in [3.63, 3.8) is 0 Å². The van der Waals surface area contributed by atoms with Gasteiger partial charge in [-0.2, -0.15) is 17.0 Å². The fourth-order valence-electron chi connectivity index (χ4n) is 4.02. The first-order chi connectivity index (χ1) is 13.8. The lowest BCUT2D eigenvalue weighted by atomic mass is 9.96. The zero-order valence-corrected chi connectivity index (χ0v) is 18.6. The molecule has 1 saturated heterocycles. The highest BCUT2D eigenvalue weighted by molar-refractivity contribution is 7.86. The summed E-state index contributed by atoms with van der Waals surface area (Å²) in [7, 11) is -1.77. The van der Waals surface area contributed by atoms with Gasteiger partial charge in [-0.05, 0) is 31.9 Å². The van der Waals surface area contributed by atoms with Crippen molar-refractivity contribution in [2.24, 2.45) is 0 Å². The Labute approximate surface area is 178 Å². The Bertz CT molecular complexity index is 808. The summed E-state index contributed by atoms with van der Waals surface area (Å²) in [6.45, 7) is 3.59. The van der Waals surface area contributed by atoms with Crippen molar-refractivity contribution in [3.8, 4) is 0 Å². The molecule has 0 spiro atoms. The topological polar surface area (TPSA) is 85.9 Å². The summed E-state index contributed by atoms with van der Waals surface area (Å²) in [6, 6.07) is 3.11. The second kappa shape index (κ2) is 9.70. The first-order valence-electron chi connectivity index (χ1n) is 10.2. The molecule has 1 aliphatic carbocycles. The van der Waals surface area contributed by atoms with Gasteiger partial charge in [0, 0.05) is 45.5 Å². The lowest BCUT2D eigenvalue weighted by Gasteiger charge is -2.40. The van der Waals surface area contributed by atoms with Crippen LogP contribution >= 0.6 is 11.6 Å². The van der Waals surface area contributed by atoms with Crippen LogP contribution in [-0.4, -0.2) is 78.1 Å². The van der Waals surface area contributed by atoms with E-state index < -0.39 is 16.3 Å². The fourth-order valence-corrected chi connectivity index (χ4v) is 5.76. The Morgan fingerprint density at radius 1 is 1.24 bits per heavy atom. The van der Waals surface area contributed by atoms with E-state index in [-0.39, 0.29) is 17.1 Å². The molecule has 1 atom stereocenters. The van der Waals surface area contributed by atoms with Crippen molar-refractivity contribution in [1.82, 2.24) is 18.5 Å². The number of nitrogens with zero attached hydrogens (tertiary/aromatic N) is 4. The fraction of sp³-hybridized carbons (Fsp3) is 0.684. The van der Waals surface area contributed by atoms with Crippen molar-refractivity contribution < 1.29 is 13.2 Å². The summed E-state index contributed by atoms with van der Waals surface area (Å²) >= 11 is 6.00. The normalized spacial score (nSPS) is 21.2. The van der Waals surface area contributed by atoms with Gasteiger partial charge < -0.3 is 5.32 Å². The number of aromatic nitrogens is 1. The summed E-state index contributed by atoms with van der Waals surface area (Å²) in [5.74, 6) is -0.185. The van der Waals surface area contributed by atoms with Gasteiger partial charge in [0.15, 0.2) is 5.15 Å². The van der Waals surface area contributed by atoms with Gasteiger partial charge in [0.05, 0.1) is 11.7 Å². The van der Waals surface area contributed by atoms with Crippen LogP contribution in [0.1, 0.15) is 39.0 Å². The zero-order chi connectivity index (χ0) is 21.0. The molecule has 1 aliphatic heterocycles. The minimum atomic E-state index is -3.47. The van der Waals surface area contributed by atoms with Crippen molar-refractivity contribution in [3.05, 3.63) is 23.5 Å². The third-order valence-corrected chi connectivity index (χ3v) is 8.34. The molecule has 0 radical (unpaired) electrons. The molecule has 2 aliphatic rings. The zero-order valence-electron chi connectivity index (χ0n) is 17.1. The van der Waals surface area contributed by atoms with E-state index in [1.54, 1.807) is 34.0 Å². The van der Waals surface area contributed by atoms with E-state index in [1.165, 1.54) is 6.42 Å². The SMILES string of the molecule is CC(C(=O)Nc1cccnc1Cl)N1CCN(S(=O)(=O)N(C)C2CCCCC2)CC1. The quantitative estimate of drug-likeness (QED) is 0.681. The molecule has 1 unspecified atom stereocenters. The van der Waals surface area contributed by atoms with Crippen molar-refractivity contribution in [2.75, 3.05) is 38.5 Å². The van der Waals surface area contributed by atoms with Gasteiger partial charge in [-0.1, -0.05) is 30.9 Å². The van der Waals surface area contributed by atoms with Crippen LogP contribution in [0.25, 0.3) is 0 Å². The number of anilines is 1. The second-order valence-corrected chi connectivity index (χ2v) is 10.1. The standard InChI is InChI=1S/C19H30ClN5O3S/c1-15(19(26)22-17-9-6-10-21-18(17)20)24-11-13-25(14-12-24)29(27,28)23(2)16-7-4-3-5-8-16/h6,9-10,15-16H,3-5,7-8,11-14H2,1-2H3,(H,22,26). The van der Waals surface area contributed by atoms with Gasteiger partial charge in [0.2, 0.25) is 5.91 Å². The highest BCUT2D eigenvalue weighted by Crippen LogP contribution is 2.25. The number of nitrogens with one attached hydrogen (secondary N) is 1. The first kappa shape index (κ1) is 22.4. The minimum absolute atomic E-state index is 0.0979. The van der Waals surface area contributed by atoms with Crippen LogP contribution in [0.2, 0.25) is 5.15 Å². The predicted molar refractivity (Wildman–Crippen MR) is 114 cm³/mol. The largest absolute Gasteiger partial charge is 0.322 e. The van der Waals surface area contributed by atoms with E-state index in [1.807, 2.05) is 11.8 Å². The number of hydrogen-bond donors (Lipinski definition) is 1. The van der Waals surface area contributed by atoms with Crippen molar-refractivity contribution in [1.29, 1.82) is 0 Å². The summed E-state index contributed by atoms with van der Waals surface area (Å²) in [5, 5.41) is 3.04. The van der Waals surface area contributed by atoms with Crippen LogP contribution in [0.15, 0.2) is 18.3 Å².